The average Bonchev–Trinajstić information content (AvgIpc) is 2.35. The fraction of sp³-hybridized carbons (Fsp3) is 0.214. The molecule has 4 heteroatoms. The molecule has 2 N–H and O–H groups in total. The molecule has 1 unspecified atom stereocenters. The maximum absolute atomic E-state index is 13.5. The van der Waals surface area contributed by atoms with Crippen molar-refractivity contribution in [3.8, 4) is 0 Å². The Hall–Kier alpha value is -1.81. The minimum absolute atomic E-state index is 0.257. The number of rotatable bonds is 3. The summed E-state index contributed by atoms with van der Waals surface area (Å²) in [6.45, 7) is 1.86. The summed E-state index contributed by atoms with van der Waals surface area (Å²) in [6, 6.07) is 7.39. The summed E-state index contributed by atoms with van der Waals surface area (Å²) >= 11 is 0. The van der Waals surface area contributed by atoms with E-state index >= 15 is 0 Å². The summed E-state index contributed by atoms with van der Waals surface area (Å²) in [4.78, 5) is 4.07. The van der Waals surface area contributed by atoms with Gasteiger partial charge in [0.15, 0.2) is 11.6 Å². The third-order valence-corrected chi connectivity index (χ3v) is 2.82. The maximum atomic E-state index is 13.5. The fourth-order valence-electron chi connectivity index (χ4n) is 1.86. The highest BCUT2D eigenvalue weighted by atomic mass is 19.2. The number of pyridine rings is 1. The number of halogens is 2. The predicted molar refractivity (Wildman–Crippen MR) is 66.0 cm³/mol. The van der Waals surface area contributed by atoms with Crippen LogP contribution in [0.15, 0.2) is 36.5 Å². The number of aryl methyl sites for hydroxylation is 1. The molecular weight excluding hydrogens is 234 g/mol. The first-order valence-electron chi connectivity index (χ1n) is 5.69. The van der Waals surface area contributed by atoms with E-state index in [4.69, 9.17) is 5.73 Å². The molecule has 1 atom stereocenters. The highest BCUT2D eigenvalue weighted by Gasteiger charge is 2.13. The molecule has 0 saturated carbocycles. The molecule has 18 heavy (non-hydrogen) atoms. The Labute approximate surface area is 104 Å². The predicted octanol–water partition coefficient (Wildman–Crippen LogP) is 2.91. The van der Waals surface area contributed by atoms with E-state index in [9.17, 15) is 8.78 Å². The normalized spacial score (nSPS) is 12.4. The van der Waals surface area contributed by atoms with E-state index in [1.807, 2.05) is 13.0 Å². The minimum Gasteiger partial charge on any atom is -0.324 e. The SMILES string of the molecule is Cc1cc(C(N)Cc2cccc(F)c2F)ccn1. The van der Waals surface area contributed by atoms with Crippen LogP contribution in [-0.4, -0.2) is 4.98 Å². The van der Waals surface area contributed by atoms with Crippen LogP contribution in [-0.2, 0) is 6.42 Å². The third-order valence-electron chi connectivity index (χ3n) is 2.82. The van der Waals surface area contributed by atoms with E-state index in [1.54, 1.807) is 18.3 Å². The zero-order valence-electron chi connectivity index (χ0n) is 10.0. The molecule has 2 aromatic rings. The first kappa shape index (κ1) is 12.6. The second-order valence-corrected chi connectivity index (χ2v) is 4.25. The van der Waals surface area contributed by atoms with Gasteiger partial charge in [0.2, 0.25) is 0 Å². The number of nitrogens with zero attached hydrogens (tertiary/aromatic N) is 1. The molecule has 0 spiro atoms. The lowest BCUT2D eigenvalue weighted by Gasteiger charge is -2.13. The van der Waals surface area contributed by atoms with Crippen LogP contribution in [0.25, 0.3) is 0 Å². The van der Waals surface area contributed by atoms with Crippen molar-refractivity contribution in [2.75, 3.05) is 0 Å². The van der Waals surface area contributed by atoms with Crippen LogP contribution in [0.5, 0.6) is 0 Å². The van der Waals surface area contributed by atoms with Crippen molar-refractivity contribution in [1.82, 2.24) is 4.98 Å². The van der Waals surface area contributed by atoms with Crippen molar-refractivity contribution in [1.29, 1.82) is 0 Å². The van der Waals surface area contributed by atoms with Crippen molar-refractivity contribution in [2.24, 2.45) is 5.73 Å². The number of nitrogens with two attached hydrogens (primary N) is 1. The standard InChI is InChI=1S/C14H14F2N2/c1-9-7-10(5-6-18-9)13(17)8-11-3-2-4-12(15)14(11)16/h2-7,13H,8,17H2,1H3. The maximum Gasteiger partial charge on any atom is 0.162 e. The first-order chi connectivity index (χ1) is 8.58. The second kappa shape index (κ2) is 5.23. The molecule has 1 heterocycles. The Bertz CT molecular complexity index is 555. The zero-order valence-corrected chi connectivity index (χ0v) is 10.0. The van der Waals surface area contributed by atoms with E-state index < -0.39 is 11.6 Å². The van der Waals surface area contributed by atoms with E-state index in [0.29, 0.717) is 0 Å². The highest BCUT2D eigenvalue weighted by molar-refractivity contribution is 5.25. The molecule has 0 radical (unpaired) electrons. The molecule has 1 aromatic carbocycles. The van der Waals surface area contributed by atoms with Gasteiger partial charge in [-0.05, 0) is 42.7 Å². The van der Waals surface area contributed by atoms with Crippen molar-refractivity contribution >= 4 is 0 Å². The molecule has 0 saturated heterocycles. The van der Waals surface area contributed by atoms with Gasteiger partial charge in [-0.3, -0.25) is 4.98 Å². The molecule has 94 valence electrons. The number of benzene rings is 1. The molecule has 2 nitrogen and oxygen atoms in total. The van der Waals surface area contributed by atoms with Gasteiger partial charge in [-0.25, -0.2) is 8.78 Å². The Morgan fingerprint density at radius 3 is 2.78 bits per heavy atom. The van der Waals surface area contributed by atoms with E-state index in [2.05, 4.69) is 4.98 Å². The highest BCUT2D eigenvalue weighted by Crippen LogP contribution is 2.19. The molecule has 0 aliphatic carbocycles. The Morgan fingerprint density at radius 2 is 2.06 bits per heavy atom. The average molecular weight is 248 g/mol. The van der Waals surface area contributed by atoms with E-state index in [-0.39, 0.29) is 18.0 Å². The van der Waals surface area contributed by atoms with Crippen LogP contribution in [0.1, 0.15) is 22.9 Å². The molecule has 0 fully saturated rings. The molecule has 1 aromatic heterocycles. The number of aromatic nitrogens is 1. The van der Waals surface area contributed by atoms with Crippen LogP contribution in [0.4, 0.5) is 8.78 Å². The summed E-state index contributed by atoms with van der Waals surface area (Å²) < 4.78 is 26.6. The Morgan fingerprint density at radius 1 is 1.28 bits per heavy atom. The monoisotopic (exact) mass is 248 g/mol. The summed E-state index contributed by atoms with van der Waals surface area (Å²) in [5, 5.41) is 0. The summed E-state index contributed by atoms with van der Waals surface area (Å²) in [7, 11) is 0. The van der Waals surface area contributed by atoms with Crippen LogP contribution in [0, 0.1) is 18.6 Å². The van der Waals surface area contributed by atoms with Crippen LogP contribution < -0.4 is 5.73 Å². The molecule has 0 aliphatic rings. The number of hydrogen-bond acceptors (Lipinski definition) is 2. The van der Waals surface area contributed by atoms with Gasteiger partial charge in [0.1, 0.15) is 0 Å². The van der Waals surface area contributed by atoms with E-state index in [0.717, 1.165) is 17.3 Å². The molecule has 0 bridgehead atoms. The smallest absolute Gasteiger partial charge is 0.162 e. The van der Waals surface area contributed by atoms with Crippen LogP contribution >= 0.6 is 0 Å². The van der Waals surface area contributed by atoms with Crippen LogP contribution in [0.2, 0.25) is 0 Å². The number of hydrogen-bond donors (Lipinski definition) is 1. The van der Waals surface area contributed by atoms with Gasteiger partial charge >= 0.3 is 0 Å². The summed E-state index contributed by atoms with van der Waals surface area (Å²) in [5.74, 6) is -1.66. The topological polar surface area (TPSA) is 38.9 Å². The van der Waals surface area contributed by atoms with E-state index in [1.165, 1.54) is 6.07 Å². The fourth-order valence-corrected chi connectivity index (χ4v) is 1.86. The lowest BCUT2D eigenvalue weighted by molar-refractivity contribution is 0.494. The summed E-state index contributed by atoms with van der Waals surface area (Å²) in [5.41, 5.74) is 8.00. The van der Waals surface area contributed by atoms with Gasteiger partial charge in [0.05, 0.1) is 0 Å². The molecular formula is C14H14F2N2. The minimum atomic E-state index is -0.842. The van der Waals surface area contributed by atoms with Crippen molar-refractivity contribution in [3.05, 3.63) is 65.0 Å². The molecule has 0 aliphatic heterocycles. The van der Waals surface area contributed by atoms with Crippen molar-refractivity contribution in [3.63, 3.8) is 0 Å². The second-order valence-electron chi connectivity index (χ2n) is 4.25. The van der Waals surface area contributed by atoms with Gasteiger partial charge in [-0.1, -0.05) is 12.1 Å². The van der Waals surface area contributed by atoms with Gasteiger partial charge in [0, 0.05) is 17.9 Å². The van der Waals surface area contributed by atoms with Gasteiger partial charge in [-0.15, -0.1) is 0 Å². The molecule has 2 rings (SSSR count). The van der Waals surface area contributed by atoms with Crippen LogP contribution in [0.3, 0.4) is 0 Å². The quantitative estimate of drug-likeness (QED) is 0.907. The van der Waals surface area contributed by atoms with Crippen molar-refractivity contribution in [2.45, 2.75) is 19.4 Å². The summed E-state index contributed by atoms with van der Waals surface area (Å²) in [6.07, 6.45) is 1.92. The van der Waals surface area contributed by atoms with Gasteiger partial charge < -0.3 is 5.73 Å². The molecule has 0 amide bonds. The Kier molecular flexibility index (Phi) is 3.67. The third kappa shape index (κ3) is 2.71. The Balaban J connectivity index is 2.21. The first-order valence-corrected chi connectivity index (χ1v) is 5.69. The largest absolute Gasteiger partial charge is 0.324 e. The lowest BCUT2D eigenvalue weighted by Crippen LogP contribution is -2.14. The lowest BCUT2D eigenvalue weighted by atomic mass is 9.99. The van der Waals surface area contributed by atoms with Gasteiger partial charge in [-0.2, -0.15) is 0 Å². The van der Waals surface area contributed by atoms with Gasteiger partial charge in [0.25, 0.3) is 0 Å². The van der Waals surface area contributed by atoms with Crippen molar-refractivity contribution < 1.29 is 8.78 Å². The zero-order chi connectivity index (χ0) is 13.1.